The molecule has 16 heavy (non-hydrogen) atoms. The standard InChI is InChI=1S/C14H22FN/c1-10(2)5-4-6-14(16)12-7-11(3)8-13(15)9-12/h7-10,14H,4-6,16H2,1-3H3. The summed E-state index contributed by atoms with van der Waals surface area (Å²) in [5.41, 5.74) is 7.91. The van der Waals surface area contributed by atoms with Crippen LogP contribution in [0, 0.1) is 18.7 Å². The molecule has 0 radical (unpaired) electrons. The number of hydrogen-bond donors (Lipinski definition) is 1. The average Bonchev–Trinajstić information content (AvgIpc) is 2.15. The van der Waals surface area contributed by atoms with Crippen molar-refractivity contribution >= 4 is 0 Å². The van der Waals surface area contributed by atoms with Crippen molar-refractivity contribution in [2.24, 2.45) is 11.7 Å². The van der Waals surface area contributed by atoms with Crippen LogP contribution >= 0.6 is 0 Å². The molecule has 0 aliphatic heterocycles. The second-order valence-electron chi connectivity index (χ2n) is 4.99. The van der Waals surface area contributed by atoms with E-state index in [1.807, 2.05) is 13.0 Å². The van der Waals surface area contributed by atoms with Crippen molar-refractivity contribution in [3.05, 3.63) is 35.1 Å². The maximum absolute atomic E-state index is 13.2. The molecule has 1 nitrogen and oxygen atoms in total. The maximum Gasteiger partial charge on any atom is 0.123 e. The maximum atomic E-state index is 13.2. The Balaban J connectivity index is 2.55. The zero-order valence-corrected chi connectivity index (χ0v) is 10.5. The zero-order chi connectivity index (χ0) is 12.1. The van der Waals surface area contributed by atoms with Crippen LogP contribution in [0.2, 0.25) is 0 Å². The van der Waals surface area contributed by atoms with E-state index >= 15 is 0 Å². The van der Waals surface area contributed by atoms with Gasteiger partial charge in [-0.3, -0.25) is 0 Å². The minimum atomic E-state index is -0.186. The first-order valence-electron chi connectivity index (χ1n) is 6.01. The lowest BCUT2D eigenvalue weighted by molar-refractivity contribution is 0.504. The Kier molecular flexibility index (Phi) is 4.94. The molecule has 0 aliphatic rings. The minimum absolute atomic E-state index is 0.0341. The largest absolute Gasteiger partial charge is 0.324 e. The zero-order valence-electron chi connectivity index (χ0n) is 10.5. The lowest BCUT2D eigenvalue weighted by atomic mass is 9.97. The normalized spacial score (nSPS) is 13.1. The number of nitrogens with two attached hydrogens (primary N) is 1. The molecule has 0 amide bonds. The van der Waals surface area contributed by atoms with E-state index in [0.717, 1.165) is 24.0 Å². The van der Waals surface area contributed by atoms with Crippen LogP contribution < -0.4 is 5.73 Å². The van der Waals surface area contributed by atoms with Gasteiger partial charge >= 0.3 is 0 Å². The summed E-state index contributed by atoms with van der Waals surface area (Å²) >= 11 is 0. The third-order valence-corrected chi connectivity index (χ3v) is 2.79. The van der Waals surface area contributed by atoms with Gasteiger partial charge in [-0.25, -0.2) is 4.39 Å². The third kappa shape index (κ3) is 4.31. The van der Waals surface area contributed by atoms with Crippen LogP contribution in [-0.2, 0) is 0 Å². The molecule has 0 saturated heterocycles. The van der Waals surface area contributed by atoms with E-state index in [9.17, 15) is 4.39 Å². The lowest BCUT2D eigenvalue weighted by Gasteiger charge is -2.13. The summed E-state index contributed by atoms with van der Waals surface area (Å²) in [6.45, 7) is 6.31. The number of benzene rings is 1. The van der Waals surface area contributed by atoms with Crippen LogP contribution in [0.1, 0.15) is 50.3 Å². The van der Waals surface area contributed by atoms with Gasteiger partial charge in [0, 0.05) is 6.04 Å². The highest BCUT2D eigenvalue weighted by atomic mass is 19.1. The molecule has 90 valence electrons. The second-order valence-corrected chi connectivity index (χ2v) is 4.99. The van der Waals surface area contributed by atoms with Gasteiger partial charge < -0.3 is 5.73 Å². The van der Waals surface area contributed by atoms with Crippen LogP contribution in [-0.4, -0.2) is 0 Å². The van der Waals surface area contributed by atoms with Gasteiger partial charge in [-0.15, -0.1) is 0 Å². The predicted molar refractivity (Wildman–Crippen MR) is 66.8 cm³/mol. The molecule has 1 aromatic rings. The van der Waals surface area contributed by atoms with Crippen molar-refractivity contribution in [2.75, 3.05) is 0 Å². The summed E-state index contributed by atoms with van der Waals surface area (Å²) < 4.78 is 13.2. The summed E-state index contributed by atoms with van der Waals surface area (Å²) in [6, 6.07) is 5.02. The van der Waals surface area contributed by atoms with Crippen molar-refractivity contribution < 1.29 is 4.39 Å². The van der Waals surface area contributed by atoms with Crippen LogP contribution in [0.15, 0.2) is 18.2 Å². The molecule has 1 unspecified atom stereocenters. The Morgan fingerprint density at radius 2 is 1.88 bits per heavy atom. The van der Waals surface area contributed by atoms with E-state index in [4.69, 9.17) is 5.73 Å². The first-order valence-corrected chi connectivity index (χ1v) is 6.01. The van der Waals surface area contributed by atoms with Gasteiger partial charge in [0.05, 0.1) is 0 Å². The van der Waals surface area contributed by atoms with Gasteiger partial charge in [0.1, 0.15) is 5.82 Å². The fourth-order valence-electron chi connectivity index (χ4n) is 1.89. The van der Waals surface area contributed by atoms with Crippen LogP contribution in [0.25, 0.3) is 0 Å². The van der Waals surface area contributed by atoms with E-state index in [1.165, 1.54) is 12.5 Å². The van der Waals surface area contributed by atoms with Crippen LogP contribution in [0.4, 0.5) is 4.39 Å². The molecule has 1 rings (SSSR count). The van der Waals surface area contributed by atoms with Crippen LogP contribution in [0.5, 0.6) is 0 Å². The van der Waals surface area contributed by atoms with E-state index in [0.29, 0.717) is 5.92 Å². The Morgan fingerprint density at radius 3 is 2.44 bits per heavy atom. The quantitative estimate of drug-likeness (QED) is 0.803. The molecule has 0 saturated carbocycles. The molecule has 0 spiro atoms. The lowest BCUT2D eigenvalue weighted by Crippen LogP contribution is -2.11. The highest BCUT2D eigenvalue weighted by Gasteiger charge is 2.08. The topological polar surface area (TPSA) is 26.0 Å². The molecule has 0 aliphatic carbocycles. The fourth-order valence-corrected chi connectivity index (χ4v) is 1.89. The van der Waals surface area contributed by atoms with E-state index in [1.54, 1.807) is 6.07 Å². The molecule has 2 heteroatoms. The second kappa shape index (κ2) is 6.00. The summed E-state index contributed by atoms with van der Waals surface area (Å²) in [5, 5.41) is 0. The summed E-state index contributed by atoms with van der Waals surface area (Å²) in [7, 11) is 0. The number of halogens is 1. The molecule has 1 aromatic carbocycles. The molecule has 0 heterocycles. The van der Waals surface area contributed by atoms with Gasteiger partial charge in [-0.2, -0.15) is 0 Å². The number of rotatable bonds is 5. The molecular formula is C14H22FN. The van der Waals surface area contributed by atoms with Gasteiger partial charge in [0.15, 0.2) is 0 Å². The number of aryl methyl sites for hydroxylation is 1. The van der Waals surface area contributed by atoms with Gasteiger partial charge in [0.2, 0.25) is 0 Å². The van der Waals surface area contributed by atoms with E-state index in [2.05, 4.69) is 13.8 Å². The van der Waals surface area contributed by atoms with Gasteiger partial charge in [0.25, 0.3) is 0 Å². The first-order chi connectivity index (χ1) is 7.49. The van der Waals surface area contributed by atoms with E-state index < -0.39 is 0 Å². The average molecular weight is 223 g/mol. The van der Waals surface area contributed by atoms with Crippen molar-refractivity contribution in [1.82, 2.24) is 0 Å². The molecule has 0 bridgehead atoms. The highest BCUT2D eigenvalue weighted by Crippen LogP contribution is 2.20. The van der Waals surface area contributed by atoms with Gasteiger partial charge in [-0.05, 0) is 42.5 Å². The molecule has 0 aromatic heterocycles. The third-order valence-electron chi connectivity index (χ3n) is 2.79. The highest BCUT2D eigenvalue weighted by molar-refractivity contribution is 5.25. The van der Waals surface area contributed by atoms with Gasteiger partial charge in [-0.1, -0.05) is 32.8 Å². The Bertz CT molecular complexity index is 313. The van der Waals surface area contributed by atoms with Crippen molar-refractivity contribution in [2.45, 2.75) is 46.1 Å². The molecule has 2 N–H and O–H groups in total. The summed E-state index contributed by atoms with van der Waals surface area (Å²) in [6.07, 6.45) is 3.22. The predicted octanol–water partition coefficient (Wildman–Crippen LogP) is 3.96. The Morgan fingerprint density at radius 1 is 1.19 bits per heavy atom. The molecule has 1 atom stereocenters. The smallest absolute Gasteiger partial charge is 0.123 e. The van der Waals surface area contributed by atoms with Crippen molar-refractivity contribution in [3.63, 3.8) is 0 Å². The van der Waals surface area contributed by atoms with Crippen molar-refractivity contribution in [1.29, 1.82) is 0 Å². The first kappa shape index (κ1) is 13.2. The SMILES string of the molecule is Cc1cc(F)cc(C(N)CCCC(C)C)c1. The molecule has 0 fully saturated rings. The summed E-state index contributed by atoms with van der Waals surface area (Å²) in [5.74, 6) is 0.524. The molecular weight excluding hydrogens is 201 g/mol. The minimum Gasteiger partial charge on any atom is -0.324 e. The number of hydrogen-bond acceptors (Lipinski definition) is 1. The van der Waals surface area contributed by atoms with Crippen LogP contribution in [0.3, 0.4) is 0 Å². The Labute approximate surface area is 97.9 Å². The summed E-state index contributed by atoms with van der Waals surface area (Å²) in [4.78, 5) is 0. The van der Waals surface area contributed by atoms with Crippen molar-refractivity contribution in [3.8, 4) is 0 Å². The monoisotopic (exact) mass is 223 g/mol. The fraction of sp³-hybridized carbons (Fsp3) is 0.571. The Hall–Kier alpha value is -0.890. The van der Waals surface area contributed by atoms with E-state index in [-0.39, 0.29) is 11.9 Å².